The smallest absolute Gasteiger partial charge is 0.338 e. The van der Waals surface area contributed by atoms with E-state index in [0.717, 1.165) is 59.1 Å². The van der Waals surface area contributed by atoms with Crippen LogP contribution in [-0.2, 0) is 33.9 Å². The molecule has 4 N–H and O–H groups in total. The van der Waals surface area contributed by atoms with Crippen molar-refractivity contribution in [2.24, 2.45) is 23.2 Å². The molecule has 11 heteroatoms. The minimum Gasteiger partial charge on any atom is -0.457 e. The SMILES string of the molecule is O=C(OCc1ccccc1)c1cc(NC(=O)[C@H](Cc2ccccc2)NC(=O)c2cc3cc[nH]c3cc2C(=O)NCC23CC4CC(CC(C4)C2)C3)cc(C(=O)OCc2ccccc2)c1. The Bertz CT molecular complexity index is 2530. The van der Waals surface area contributed by atoms with Crippen molar-refractivity contribution in [1.29, 1.82) is 0 Å². The summed E-state index contributed by atoms with van der Waals surface area (Å²) in [6, 6.07) is 35.9. The van der Waals surface area contributed by atoms with Gasteiger partial charge in [-0.2, -0.15) is 0 Å². The molecular weight excluding hydrogens is 793 g/mol. The lowest BCUT2D eigenvalue weighted by Gasteiger charge is -2.56. The molecule has 0 spiro atoms. The molecule has 10 rings (SSSR count). The molecule has 4 aliphatic carbocycles. The predicted octanol–water partition coefficient (Wildman–Crippen LogP) is 8.81. The van der Waals surface area contributed by atoms with Crippen molar-refractivity contribution in [2.75, 3.05) is 11.9 Å². The van der Waals surface area contributed by atoms with Gasteiger partial charge in [-0.15, -0.1) is 0 Å². The van der Waals surface area contributed by atoms with Gasteiger partial charge in [0.25, 0.3) is 11.8 Å². The average molecular weight is 843 g/mol. The maximum absolute atomic E-state index is 14.5. The fourth-order valence-electron chi connectivity index (χ4n) is 10.4. The molecule has 0 unspecified atom stereocenters. The molecule has 3 amide bonds. The Morgan fingerprint density at radius 1 is 0.619 bits per heavy atom. The number of aromatic nitrogens is 1. The van der Waals surface area contributed by atoms with Crippen molar-refractivity contribution >= 4 is 46.3 Å². The van der Waals surface area contributed by atoms with Gasteiger partial charge in [-0.25, -0.2) is 9.59 Å². The Hall–Kier alpha value is -7.01. The molecular formula is C52H50N4O7. The molecule has 11 nitrogen and oxygen atoms in total. The van der Waals surface area contributed by atoms with Gasteiger partial charge in [0.15, 0.2) is 0 Å². The van der Waals surface area contributed by atoms with Crippen molar-refractivity contribution in [3.8, 4) is 0 Å². The number of hydrogen-bond donors (Lipinski definition) is 4. The molecule has 4 saturated carbocycles. The summed E-state index contributed by atoms with van der Waals surface area (Å²) in [5.74, 6) is -0.779. The first-order valence-electron chi connectivity index (χ1n) is 21.8. The summed E-state index contributed by atoms with van der Waals surface area (Å²) in [5, 5.41) is 9.76. The van der Waals surface area contributed by atoms with Gasteiger partial charge in [-0.3, -0.25) is 14.4 Å². The summed E-state index contributed by atoms with van der Waals surface area (Å²) in [4.78, 5) is 73.2. The van der Waals surface area contributed by atoms with E-state index in [0.29, 0.717) is 12.1 Å². The molecule has 4 fully saturated rings. The number of aromatic amines is 1. The van der Waals surface area contributed by atoms with E-state index in [4.69, 9.17) is 9.47 Å². The number of benzene rings is 5. The lowest BCUT2D eigenvalue weighted by Crippen LogP contribution is -2.51. The predicted molar refractivity (Wildman–Crippen MR) is 239 cm³/mol. The van der Waals surface area contributed by atoms with Gasteiger partial charge in [0.2, 0.25) is 5.91 Å². The number of H-pyrrole nitrogens is 1. The first kappa shape index (κ1) is 41.3. The van der Waals surface area contributed by atoms with Gasteiger partial charge in [0, 0.05) is 35.8 Å². The number of carbonyl (C=O) groups is 5. The van der Waals surface area contributed by atoms with E-state index in [-0.39, 0.29) is 58.9 Å². The van der Waals surface area contributed by atoms with Crippen LogP contribution < -0.4 is 16.0 Å². The topological polar surface area (TPSA) is 156 Å². The van der Waals surface area contributed by atoms with E-state index in [2.05, 4.69) is 20.9 Å². The van der Waals surface area contributed by atoms with Crippen LogP contribution in [0.4, 0.5) is 5.69 Å². The third-order valence-electron chi connectivity index (χ3n) is 13.0. The Morgan fingerprint density at radius 3 is 1.70 bits per heavy atom. The Labute approximate surface area is 366 Å². The van der Waals surface area contributed by atoms with Crippen molar-refractivity contribution in [1.82, 2.24) is 15.6 Å². The lowest BCUT2D eigenvalue weighted by atomic mass is 9.49. The highest BCUT2D eigenvalue weighted by molar-refractivity contribution is 6.11. The van der Waals surface area contributed by atoms with Gasteiger partial charge in [0.05, 0.1) is 22.3 Å². The molecule has 63 heavy (non-hydrogen) atoms. The monoisotopic (exact) mass is 842 g/mol. The number of anilines is 1. The Kier molecular flexibility index (Phi) is 11.9. The fraction of sp³-hybridized carbons (Fsp3) is 0.288. The van der Waals surface area contributed by atoms with Gasteiger partial charge >= 0.3 is 11.9 Å². The molecule has 1 heterocycles. The fourth-order valence-corrected chi connectivity index (χ4v) is 10.4. The van der Waals surface area contributed by atoms with E-state index < -0.39 is 29.8 Å². The van der Waals surface area contributed by atoms with Gasteiger partial charge in [-0.1, -0.05) is 91.0 Å². The molecule has 1 atom stereocenters. The van der Waals surface area contributed by atoms with Crippen LogP contribution in [0.5, 0.6) is 0 Å². The lowest BCUT2D eigenvalue weighted by molar-refractivity contribution is -0.118. The minimum absolute atomic E-state index is 0.00788. The summed E-state index contributed by atoms with van der Waals surface area (Å²) >= 11 is 0. The quantitative estimate of drug-likeness (QED) is 0.0754. The summed E-state index contributed by atoms with van der Waals surface area (Å²) in [6.07, 6.45) is 9.15. The van der Waals surface area contributed by atoms with Crippen molar-refractivity contribution < 1.29 is 33.4 Å². The summed E-state index contributed by atoms with van der Waals surface area (Å²) in [7, 11) is 0. The van der Waals surface area contributed by atoms with Crippen molar-refractivity contribution in [3.63, 3.8) is 0 Å². The van der Waals surface area contributed by atoms with Crippen LogP contribution >= 0.6 is 0 Å². The van der Waals surface area contributed by atoms with Crippen LogP contribution in [0.1, 0.15) is 96.6 Å². The van der Waals surface area contributed by atoms with Gasteiger partial charge in [-0.05, 0) is 115 Å². The number of fused-ring (bicyclic) bond motifs is 1. The van der Waals surface area contributed by atoms with Gasteiger partial charge < -0.3 is 30.4 Å². The van der Waals surface area contributed by atoms with Crippen LogP contribution in [0.3, 0.4) is 0 Å². The number of esters is 2. The second-order valence-electron chi connectivity index (χ2n) is 17.7. The van der Waals surface area contributed by atoms with E-state index >= 15 is 0 Å². The molecule has 1 aromatic heterocycles. The molecule has 0 aliphatic heterocycles. The van der Waals surface area contributed by atoms with Crippen LogP contribution in [0.15, 0.2) is 134 Å². The summed E-state index contributed by atoms with van der Waals surface area (Å²) in [5.41, 5.74) is 3.64. The minimum atomic E-state index is -1.15. The van der Waals surface area contributed by atoms with Gasteiger partial charge in [0.1, 0.15) is 19.3 Å². The number of hydrogen-bond acceptors (Lipinski definition) is 7. The van der Waals surface area contributed by atoms with Crippen LogP contribution in [0.25, 0.3) is 10.9 Å². The van der Waals surface area contributed by atoms with Crippen molar-refractivity contribution in [3.05, 3.63) is 173 Å². The number of amides is 3. The second kappa shape index (κ2) is 18.1. The number of rotatable bonds is 15. The normalized spacial score (nSPS) is 20.1. The number of nitrogens with one attached hydrogen (secondary N) is 4. The molecule has 4 aliphatic rings. The van der Waals surface area contributed by atoms with Crippen LogP contribution in [-0.4, -0.2) is 47.2 Å². The van der Waals surface area contributed by atoms with E-state index in [1.54, 1.807) is 18.3 Å². The highest BCUT2D eigenvalue weighted by Crippen LogP contribution is 2.59. The zero-order chi connectivity index (χ0) is 43.3. The zero-order valence-corrected chi connectivity index (χ0v) is 34.9. The number of carbonyl (C=O) groups excluding carboxylic acids is 5. The molecule has 6 aromatic rings. The van der Waals surface area contributed by atoms with Crippen molar-refractivity contribution in [2.45, 2.75) is 64.2 Å². The van der Waals surface area contributed by atoms with E-state index in [9.17, 15) is 24.0 Å². The van der Waals surface area contributed by atoms with Crippen LogP contribution in [0.2, 0.25) is 0 Å². The zero-order valence-electron chi connectivity index (χ0n) is 34.9. The maximum atomic E-state index is 14.5. The first-order chi connectivity index (χ1) is 30.6. The third-order valence-corrected chi connectivity index (χ3v) is 13.0. The average Bonchev–Trinajstić information content (AvgIpc) is 3.77. The maximum Gasteiger partial charge on any atom is 0.338 e. The third kappa shape index (κ3) is 9.73. The van der Waals surface area contributed by atoms with E-state index in [1.807, 2.05) is 97.1 Å². The van der Waals surface area contributed by atoms with Crippen LogP contribution in [0, 0.1) is 23.2 Å². The largest absolute Gasteiger partial charge is 0.457 e. The number of ether oxygens (including phenoxy) is 2. The molecule has 0 radical (unpaired) electrons. The Morgan fingerprint density at radius 2 is 1.14 bits per heavy atom. The molecule has 4 bridgehead atoms. The molecule has 0 saturated heterocycles. The standard InChI is InChI=1S/C52H50N4O7/c57-47(54-32-52-27-36-18-37(28-52)20-38(19-36)29-52)44-26-45-39(16-17-53-45)25-43(44)48(58)56-46(21-33-10-4-1-5-11-33)49(59)55-42-23-40(50(60)62-30-34-12-6-2-7-13-34)22-41(24-42)51(61)63-31-35-14-8-3-9-15-35/h1-17,22-26,36-38,46,53H,18-21,27-32H2,(H,54,57)(H,55,59)(H,56,58)/t36?,37?,38?,46-,52?/m0/s1. The second-order valence-corrected chi connectivity index (χ2v) is 17.7. The first-order valence-corrected chi connectivity index (χ1v) is 21.8. The summed E-state index contributed by atoms with van der Waals surface area (Å²) < 4.78 is 11.2. The molecule has 320 valence electrons. The summed E-state index contributed by atoms with van der Waals surface area (Å²) in [6.45, 7) is 0.553. The highest BCUT2D eigenvalue weighted by atomic mass is 16.5. The van der Waals surface area contributed by atoms with E-state index in [1.165, 1.54) is 37.5 Å². The highest BCUT2D eigenvalue weighted by Gasteiger charge is 2.50. The Balaban J connectivity index is 0.970. The molecule has 5 aromatic carbocycles.